The molecule has 2 atom stereocenters. The molecule has 0 spiro atoms. The Morgan fingerprint density at radius 1 is 1.22 bits per heavy atom. The lowest BCUT2D eigenvalue weighted by Gasteiger charge is -2.31. The van der Waals surface area contributed by atoms with Gasteiger partial charge in [0.2, 0.25) is 0 Å². The van der Waals surface area contributed by atoms with Gasteiger partial charge in [0.1, 0.15) is 5.60 Å². The first kappa shape index (κ1) is 21.8. The van der Waals surface area contributed by atoms with Gasteiger partial charge >= 0.3 is 6.09 Å². The molecule has 0 aromatic rings. The molecule has 0 saturated carbocycles. The molecule has 2 fully saturated rings. The van der Waals surface area contributed by atoms with Gasteiger partial charge in [-0.3, -0.25) is 4.99 Å². The number of amides is 1. The Bertz CT molecular complexity index is 503. The standard InChI is InChI=1S/C20H39N5O2/c1-16-8-6-11-24(14-16)12-7-10-22-18(21-5)25-13-9-17(15-25)23-19(26)27-20(2,3)4/h16-17H,6-15H2,1-5H3,(H,21,22)(H,23,26). The van der Waals surface area contributed by atoms with Crippen LogP contribution >= 0.6 is 0 Å². The van der Waals surface area contributed by atoms with Crippen molar-refractivity contribution in [2.75, 3.05) is 46.3 Å². The molecule has 0 aromatic heterocycles. The highest BCUT2D eigenvalue weighted by Gasteiger charge is 2.27. The van der Waals surface area contributed by atoms with Crippen LogP contribution in [0.25, 0.3) is 0 Å². The summed E-state index contributed by atoms with van der Waals surface area (Å²) in [4.78, 5) is 21.1. The van der Waals surface area contributed by atoms with Gasteiger partial charge in [0.15, 0.2) is 5.96 Å². The highest BCUT2D eigenvalue weighted by molar-refractivity contribution is 5.80. The Morgan fingerprint density at radius 3 is 2.67 bits per heavy atom. The number of alkyl carbamates (subject to hydrolysis) is 1. The first-order valence-corrected chi connectivity index (χ1v) is 10.4. The number of aliphatic imine (C=N–C) groups is 1. The van der Waals surface area contributed by atoms with Crippen molar-refractivity contribution in [3.8, 4) is 0 Å². The van der Waals surface area contributed by atoms with Crippen molar-refractivity contribution in [2.24, 2.45) is 10.9 Å². The van der Waals surface area contributed by atoms with Crippen LogP contribution in [0.1, 0.15) is 53.4 Å². The Labute approximate surface area is 164 Å². The van der Waals surface area contributed by atoms with Crippen molar-refractivity contribution < 1.29 is 9.53 Å². The number of likely N-dealkylation sites (tertiary alicyclic amines) is 2. The first-order chi connectivity index (χ1) is 12.8. The first-order valence-electron chi connectivity index (χ1n) is 10.4. The van der Waals surface area contributed by atoms with E-state index in [1.54, 1.807) is 0 Å². The summed E-state index contributed by atoms with van der Waals surface area (Å²) in [5.74, 6) is 1.76. The molecule has 7 nitrogen and oxygen atoms in total. The number of nitrogens with zero attached hydrogens (tertiary/aromatic N) is 3. The van der Waals surface area contributed by atoms with Gasteiger partial charge in [-0.1, -0.05) is 6.92 Å². The van der Waals surface area contributed by atoms with Crippen LogP contribution in [-0.2, 0) is 4.74 Å². The molecule has 2 aliphatic rings. The number of piperidine rings is 1. The van der Waals surface area contributed by atoms with Crippen molar-refractivity contribution in [3.63, 3.8) is 0 Å². The molecule has 1 amide bonds. The average Bonchev–Trinajstić information content (AvgIpc) is 3.01. The number of hydrogen-bond acceptors (Lipinski definition) is 4. The van der Waals surface area contributed by atoms with Gasteiger partial charge in [0.05, 0.1) is 6.04 Å². The second-order valence-electron chi connectivity index (χ2n) is 8.95. The van der Waals surface area contributed by atoms with Gasteiger partial charge in [0.25, 0.3) is 0 Å². The van der Waals surface area contributed by atoms with Gasteiger partial charge in [0, 0.05) is 33.2 Å². The van der Waals surface area contributed by atoms with E-state index in [1.165, 1.54) is 25.9 Å². The minimum Gasteiger partial charge on any atom is -0.444 e. The highest BCUT2D eigenvalue weighted by atomic mass is 16.6. The predicted octanol–water partition coefficient (Wildman–Crippen LogP) is 2.28. The molecule has 2 N–H and O–H groups in total. The Morgan fingerprint density at radius 2 is 2.00 bits per heavy atom. The lowest BCUT2D eigenvalue weighted by molar-refractivity contribution is 0.0507. The van der Waals surface area contributed by atoms with E-state index in [0.717, 1.165) is 50.9 Å². The normalized spacial score (nSPS) is 24.8. The monoisotopic (exact) mass is 381 g/mol. The number of carbonyl (C=O) groups is 1. The quantitative estimate of drug-likeness (QED) is 0.434. The fourth-order valence-electron chi connectivity index (χ4n) is 3.87. The number of guanidine groups is 1. The average molecular weight is 382 g/mol. The second kappa shape index (κ2) is 10.2. The maximum atomic E-state index is 11.9. The summed E-state index contributed by atoms with van der Waals surface area (Å²) in [6, 6.07) is 0.105. The predicted molar refractivity (Wildman–Crippen MR) is 110 cm³/mol. The number of ether oxygens (including phenoxy) is 1. The lowest BCUT2D eigenvalue weighted by atomic mass is 10.0. The van der Waals surface area contributed by atoms with Gasteiger partial charge in [-0.2, -0.15) is 0 Å². The van der Waals surface area contributed by atoms with E-state index < -0.39 is 5.60 Å². The summed E-state index contributed by atoms with van der Waals surface area (Å²) in [5, 5.41) is 6.45. The summed E-state index contributed by atoms with van der Waals surface area (Å²) in [6.07, 6.45) is 4.39. The summed E-state index contributed by atoms with van der Waals surface area (Å²) in [5.41, 5.74) is -0.466. The van der Waals surface area contributed by atoms with E-state index in [2.05, 4.69) is 32.3 Å². The van der Waals surface area contributed by atoms with E-state index in [0.29, 0.717) is 0 Å². The Kier molecular flexibility index (Phi) is 8.20. The van der Waals surface area contributed by atoms with Gasteiger partial charge < -0.3 is 25.2 Å². The smallest absolute Gasteiger partial charge is 0.407 e. The molecule has 2 saturated heterocycles. The van der Waals surface area contributed by atoms with E-state index >= 15 is 0 Å². The van der Waals surface area contributed by atoms with Crippen LogP contribution in [0, 0.1) is 5.92 Å². The molecule has 2 aliphatic heterocycles. The Hall–Kier alpha value is -1.50. The van der Waals surface area contributed by atoms with Gasteiger partial charge in [-0.05, 0) is 65.5 Å². The molecule has 0 aliphatic carbocycles. The molecule has 2 rings (SSSR count). The molecular formula is C20H39N5O2. The molecule has 2 unspecified atom stereocenters. The lowest BCUT2D eigenvalue weighted by Crippen LogP contribution is -2.44. The zero-order valence-corrected chi connectivity index (χ0v) is 17.9. The highest BCUT2D eigenvalue weighted by Crippen LogP contribution is 2.15. The molecule has 27 heavy (non-hydrogen) atoms. The van der Waals surface area contributed by atoms with Crippen molar-refractivity contribution in [1.82, 2.24) is 20.4 Å². The van der Waals surface area contributed by atoms with Crippen LogP contribution in [0.15, 0.2) is 4.99 Å². The van der Waals surface area contributed by atoms with Crippen LogP contribution < -0.4 is 10.6 Å². The van der Waals surface area contributed by atoms with Crippen LogP contribution in [0.2, 0.25) is 0 Å². The summed E-state index contributed by atoms with van der Waals surface area (Å²) in [7, 11) is 1.82. The molecule has 2 heterocycles. The molecule has 156 valence electrons. The summed E-state index contributed by atoms with van der Waals surface area (Å²) < 4.78 is 5.35. The van der Waals surface area contributed by atoms with Crippen molar-refractivity contribution in [1.29, 1.82) is 0 Å². The molecule has 7 heteroatoms. The number of carbonyl (C=O) groups excluding carboxylic acids is 1. The number of rotatable bonds is 5. The van der Waals surface area contributed by atoms with Gasteiger partial charge in [-0.15, -0.1) is 0 Å². The topological polar surface area (TPSA) is 69.2 Å². The largest absolute Gasteiger partial charge is 0.444 e. The van der Waals surface area contributed by atoms with Crippen LogP contribution in [0.3, 0.4) is 0 Å². The second-order valence-corrected chi connectivity index (χ2v) is 8.95. The SMILES string of the molecule is CN=C(NCCCN1CCCC(C)C1)N1CCC(NC(=O)OC(C)(C)C)C1. The fraction of sp³-hybridized carbons (Fsp3) is 0.900. The summed E-state index contributed by atoms with van der Waals surface area (Å²) in [6.45, 7) is 14.2. The minimum absolute atomic E-state index is 0.105. The minimum atomic E-state index is -0.466. The van der Waals surface area contributed by atoms with E-state index in [-0.39, 0.29) is 12.1 Å². The summed E-state index contributed by atoms with van der Waals surface area (Å²) >= 11 is 0. The zero-order chi connectivity index (χ0) is 19.9. The molecular weight excluding hydrogens is 342 g/mol. The number of nitrogens with one attached hydrogen (secondary N) is 2. The van der Waals surface area contributed by atoms with Crippen molar-refractivity contribution >= 4 is 12.1 Å². The zero-order valence-electron chi connectivity index (χ0n) is 17.9. The third-order valence-corrected chi connectivity index (χ3v) is 5.10. The third-order valence-electron chi connectivity index (χ3n) is 5.10. The van der Waals surface area contributed by atoms with Crippen molar-refractivity contribution in [2.45, 2.75) is 65.0 Å². The third kappa shape index (κ3) is 7.95. The van der Waals surface area contributed by atoms with E-state index in [4.69, 9.17) is 4.74 Å². The van der Waals surface area contributed by atoms with Crippen LogP contribution in [0.4, 0.5) is 4.79 Å². The maximum absolute atomic E-state index is 11.9. The van der Waals surface area contributed by atoms with E-state index in [9.17, 15) is 4.79 Å². The van der Waals surface area contributed by atoms with Crippen LogP contribution in [0.5, 0.6) is 0 Å². The van der Waals surface area contributed by atoms with Crippen LogP contribution in [-0.4, -0.2) is 79.8 Å². The van der Waals surface area contributed by atoms with E-state index in [1.807, 2.05) is 27.8 Å². The number of hydrogen-bond donors (Lipinski definition) is 2. The molecule has 0 aromatic carbocycles. The maximum Gasteiger partial charge on any atom is 0.407 e. The van der Waals surface area contributed by atoms with Crippen molar-refractivity contribution in [3.05, 3.63) is 0 Å². The van der Waals surface area contributed by atoms with Gasteiger partial charge in [-0.25, -0.2) is 4.79 Å². The molecule has 0 radical (unpaired) electrons. The fourth-order valence-corrected chi connectivity index (χ4v) is 3.87. The molecule has 0 bridgehead atoms. The Balaban J connectivity index is 1.66.